The number of rotatable bonds is 6. The van der Waals surface area contributed by atoms with E-state index in [0.29, 0.717) is 23.6 Å². The third kappa shape index (κ3) is 5.16. The van der Waals surface area contributed by atoms with Gasteiger partial charge in [0, 0.05) is 32.0 Å². The SMILES string of the molecule is CCCNC(=O)c1cncc(C(=O)N2CCC(Cc3ccccc3)CC2)c1. The van der Waals surface area contributed by atoms with Gasteiger partial charge in [-0.3, -0.25) is 14.6 Å². The van der Waals surface area contributed by atoms with Crippen LogP contribution in [0.5, 0.6) is 0 Å². The fourth-order valence-corrected chi connectivity index (χ4v) is 3.49. The first-order valence-corrected chi connectivity index (χ1v) is 9.74. The third-order valence-corrected chi connectivity index (χ3v) is 5.05. The van der Waals surface area contributed by atoms with Crippen molar-refractivity contribution in [3.05, 3.63) is 65.5 Å². The molecule has 0 bridgehead atoms. The number of carbonyl (C=O) groups is 2. The molecule has 142 valence electrons. The molecule has 0 spiro atoms. The summed E-state index contributed by atoms with van der Waals surface area (Å²) in [4.78, 5) is 30.9. The number of nitrogens with one attached hydrogen (secondary N) is 1. The van der Waals surface area contributed by atoms with Crippen molar-refractivity contribution in [3.8, 4) is 0 Å². The summed E-state index contributed by atoms with van der Waals surface area (Å²) in [6.45, 7) is 4.12. The van der Waals surface area contributed by atoms with Crippen molar-refractivity contribution in [1.29, 1.82) is 0 Å². The molecule has 2 heterocycles. The average molecular weight is 365 g/mol. The Labute approximate surface area is 160 Å². The van der Waals surface area contributed by atoms with Crippen LogP contribution < -0.4 is 5.32 Å². The van der Waals surface area contributed by atoms with Crippen LogP contribution in [0.1, 0.15) is 52.5 Å². The Bertz CT molecular complexity index is 768. The van der Waals surface area contributed by atoms with Crippen LogP contribution in [-0.4, -0.2) is 41.3 Å². The van der Waals surface area contributed by atoms with Gasteiger partial charge in [0.15, 0.2) is 0 Å². The number of piperidine rings is 1. The Hall–Kier alpha value is -2.69. The first-order valence-electron chi connectivity index (χ1n) is 9.74. The van der Waals surface area contributed by atoms with Gasteiger partial charge in [0.2, 0.25) is 0 Å². The number of hydrogen-bond donors (Lipinski definition) is 1. The first-order chi connectivity index (χ1) is 13.2. The summed E-state index contributed by atoms with van der Waals surface area (Å²) in [5.41, 5.74) is 2.28. The number of pyridine rings is 1. The van der Waals surface area contributed by atoms with Gasteiger partial charge >= 0.3 is 0 Å². The molecule has 2 aromatic rings. The maximum Gasteiger partial charge on any atom is 0.255 e. The van der Waals surface area contributed by atoms with Crippen LogP contribution in [0.4, 0.5) is 0 Å². The Kier molecular flexibility index (Phi) is 6.58. The molecule has 1 aliphatic heterocycles. The smallest absolute Gasteiger partial charge is 0.255 e. The van der Waals surface area contributed by atoms with Crippen LogP contribution in [0.2, 0.25) is 0 Å². The van der Waals surface area contributed by atoms with Crippen molar-refractivity contribution >= 4 is 11.8 Å². The van der Waals surface area contributed by atoms with Gasteiger partial charge in [0.1, 0.15) is 0 Å². The molecule has 0 unspecified atom stereocenters. The summed E-state index contributed by atoms with van der Waals surface area (Å²) in [6, 6.07) is 12.2. The molecule has 1 fully saturated rings. The zero-order chi connectivity index (χ0) is 19.1. The summed E-state index contributed by atoms with van der Waals surface area (Å²) in [7, 11) is 0. The molecule has 2 amide bonds. The summed E-state index contributed by atoms with van der Waals surface area (Å²) in [5, 5.41) is 2.82. The van der Waals surface area contributed by atoms with Crippen molar-refractivity contribution in [1.82, 2.24) is 15.2 Å². The van der Waals surface area contributed by atoms with Gasteiger partial charge in [-0.15, -0.1) is 0 Å². The standard InChI is InChI=1S/C22H27N3O2/c1-2-10-24-21(26)19-14-20(16-23-15-19)22(27)25-11-8-18(9-12-25)13-17-6-4-3-5-7-17/h3-7,14-16,18H,2,8-13H2,1H3,(H,24,26). The Balaban J connectivity index is 1.57. The van der Waals surface area contributed by atoms with Crippen LogP contribution in [0.3, 0.4) is 0 Å². The van der Waals surface area contributed by atoms with E-state index in [1.807, 2.05) is 17.9 Å². The van der Waals surface area contributed by atoms with Crippen LogP contribution >= 0.6 is 0 Å². The highest BCUT2D eigenvalue weighted by Gasteiger charge is 2.24. The second kappa shape index (κ2) is 9.31. The van der Waals surface area contributed by atoms with Crippen LogP contribution in [0, 0.1) is 5.92 Å². The molecule has 1 N–H and O–H groups in total. The lowest BCUT2D eigenvalue weighted by atomic mass is 9.90. The van der Waals surface area contributed by atoms with Gasteiger partial charge < -0.3 is 10.2 Å². The number of likely N-dealkylation sites (tertiary alicyclic amines) is 1. The van der Waals surface area contributed by atoms with Crippen LogP contribution in [0.25, 0.3) is 0 Å². The third-order valence-electron chi connectivity index (χ3n) is 5.05. The highest BCUT2D eigenvalue weighted by molar-refractivity contribution is 5.99. The number of amides is 2. The minimum Gasteiger partial charge on any atom is -0.352 e. The van der Waals surface area contributed by atoms with E-state index in [-0.39, 0.29) is 11.8 Å². The molecule has 3 rings (SSSR count). The zero-order valence-corrected chi connectivity index (χ0v) is 15.9. The number of carbonyl (C=O) groups excluding carboxylic acids is 2. The Morgan fingerprint density at radius 1 is 1.11 bits per heavy atom. The van der Waals surface area contributed by atoms with E-state index in [1.54, 1.807) is 12.3 Å². The maximum absolute atomic E-state index is 12.8. The molecule has 0 radical (unpaired) electrons. The molecule has 5 nitrogen and oxygen atoms in total. The second-order valence-electron chi connectivity index (χ2n) is 7.14. The summed E-state index contributed by atoms with van der Waals surface area (Å²) < 4.78 is 0. The van der Waals surface area contributed by atoms with Crippen LogP contribution in [-0.2, 0) is 6.42 Å². The van der Waals surface area contributed by atoms with E-state index in [2.05, 4.69) is 34.6 Å². The average Bonchev–Trinajstić information content (AvgIpc) is 2.73. The van der Waals surface area contributed by atoms with E-state index in [9.17, 15) is 9.59 Å². The lowest BCUT2D eigenvalue weighted by molar-refractivity contribution is 0.0690. The molecular formula is C22H27N3O2. The largest absolute Gasteiger partial charge is 0.352 e. The van der Waals surface area contributed by atoms with E-state index in [0.717, 1.165) is 38.8 Å². The fourth-order valence-electron chi connectivity index (χ4n) is 3.49. The lowest BCUT2D eigenvalue weighted by Gasteiger charge is -2.32. The zero-order valence-electron chi connectivity index (χ0n) is 15.9. The molecule has 0 atom stereocenters. The highest BCUT2D eigenvalue weighted by atomic mass is 16.2. The monoisotopic (exact) mass is 365 g/mol. The van der Waals surface area contributed by atoms with Crippen molar-refractivity contribution in [3.63, 3.8) is 0 Å². The molecule has 0 aliphatic carbocycles. The van der Waals surface area contributed by atoms with Crippen LogP contribution in [0.15, 0.2) is 48.8 Å². The van der Waals surface area contributed by atoms with E-state index >= 15 is 0 Å². The molecule has 5 heteroatoms. The molecule has 1 saturated heterocycles. The molecule has 1 aromatic heterocycles. The van der Waals surface area contributed by atoms with Gasteiger partial charge in [-0.1, -0.05) is 37.3 Å². The Morgan fingerprint density at radius 3 is 2.52 bits per heavy atom. The predicted octanol–water partition coefficient (Wildman–Crippen LogP) is 3.32. The topological polar surface area (TPSA) is 62.3 Å². The normalized spacial score (nSPS) is 14.8. The fraction of sp³-hybridized carbons (Fsp3) is 0.409. The summed E-state index contributed by atoms with van der Waals surface area (Å²) in [6.07, 6.45) is 7.01. The first kappa shape index (κ1) is 19.1. The number of aromatic nitrogens is 1. The van der Waals surface area contributed by atoms with Crippen molar-refractivity contribution < 1.29 is 9.59 Å². The van der Waals surface area contributed by atoms with E-state index in [4.69, 9.17) is 0 Å². The molecule has 1 aromatic carbocycles. The quantitative estimate of drug-likeness (QED) is 0.854. The lowest BCUT2D eigenvalue weighted by Crippen LogP contribution is -2.39. The molecule has 1 aliphatic rings. The highest BCUT2D eigenvalue weighted by Crippen LogP contribution is 2.23. The van der Waals surface area contributed by atoms with E-state index < -0.39 is 0 Å². The summed E-state index contributed by atoms with van der Waals surface area (Å²) in [5.74, 6) is 0.395. The van der Waals surface area contributed by atoms with E-state index in [1.165, 1.54) is 11.8 Å². The van der Waals surface area contributed by atoms with Crippen molar-refractivity contribution in [2.24, 2.45) is 5.92 Å². The van der Waals surface area contributed by atoms with Gasteiger partial charge in [-0.05, 0) is 43.2 Å². The van der Waals surface area contributed by atoms with Gasteiger partial charge in [-0.2, -0.15) is 0 Å². The molecule has 0 saturated carbocycles. The minimum atomic E-state index is -0.180. The number of hydrogen-bond acceptors (Lipinski definition) is 3. The number of benzene rings is 1. The predicted molar refractivity (Wildman–Crippen MR) is 106 cm³/mol. The van der Waals surface area contributed by atoms with Crippen molar-refractivity contribution in [2.75, 3.05) is 19.6 Å². The summed E-state index contributed by atoms with van der Waals surface area (Å²) >= 11 is 0. The van der Waals surface area contributed by atoms with Gasteiger partial charge in [0.05, 0.1) is 11.1 Å². The minimum absolute atomic E-state index is 0.0363. The van der Waals surface area contributed by atoms with Crippen molar-refractivity contribution in [2.45, 2.75) is 32.6 Å². The van der Waals surface area contributed by atoms with Gasteiger partial charge in [0.25, 0.3) is 11.8 Å². The Morgan fingerprint density at radius 2 is 1.81 bits per heavy atom. The molecule has 27 heavy (non-hydrogen) atoms. The second-order valence-corrected chi connectivity index (χ2v) is 7.14. The van der Waals surface area contributed by atoms with Gasteiger partial charge in [-0.25, -0.2) is 0 Å². The molecular weight excluding hydrogens is 338 g/mol. The maximum atomic E-state index is 12.8. The number of nitrogens with zero attached hydrogens (tertiary/aromatic N) is 2.